The maximum atomic E-state index is 9.68. The van der Waals surface area contributed by atoms with E-state index in [1.165, 1.54) is 6.42 Å². The van der Waals surface area contributed by atoms with Crippen LogP contribution in [0.2, 0.25) is 0 Å². The van der Waals surface area contributed by atoms with Crippen molar-refractivity contribution in [3.05, 3.63) is 30.5 Å². The van der Waals surface area contributed by atoms with Crippen LogP contribution in [0.5, 0.6) is 5.75 Å². The van der Waals surface area contributed by atoms with Crippen LogP contribution < -0.4 is 10.6 Å². The molecule has 2 heterocycles. The van der Waals surface area contributed by atoms with E-state index >= 15 is 0 Å². The monoisotopic (exact) mass is 257 g/mol. The van der Waals surface area contributed by atoms with E-state index in [0.29, 0.717) is 5.92 Å². The topological polar surface area (TPSA) is 62.4 Å². The number of anilines is 1. The highest BCUT2D eigenvalue weighted by Crippen LogP contribution is 2.30. The SMILES string of the molecule is NCC1CCCN(c2nccc3ccc(O)cc23)C1. The van der Waals surface area contributed by atoms with E-state index < -0.39 is 0 Å². The maximum Gasteiger partial charge on any atom is 0.136 e. The third kappa shape index (κ3) is 2.36. The number of phenolic OH excluding ortho intramolecular Hbond substituents is 1. The summed E-state index contributed by atoms with van der Waals surface area (Å²) in [6.45, 7) is 2.70. The van der Waals surface area contributed by atoms with Gasteiger partial charge in [0.1, 0.15) is 11.6 Å². The van der Waals surface area contributed by atoms with Gasteiger partial charge in [-0.3, -0.25) is 0 Å². The van der Waals surface area contributed by atoms with Gasteiger partial charge in [0.2, 0.25) is 0 Å². The molecule has 1 saturated heterocycles. The van der Waals surface area contributed by atoms with Gasteiger partial charge < -0.3 is 15.7 Å². The highest BCUT2D eigenvalue weighted by molar-refractivity contribution is 5.93. The van der Waals surface area contributed by atoms with Crippen LogP contribution in [0.4, 0.5) is 5.82 Å². The van der Waals surface area contributed by atoms with E-state index in [9.17, 15) is 5.11 Å². The molecule has 19 heavy (non-hydrogen) atoms. The molecule has 0 amide bonds. The molecule has 0 spiro atoms. The molecule has 1 aliphatic heterocycles. The van der Waals surface area contributed by atoms with Gasteiger partial charge in [0.05, 0.1) is 0 Å². The van der Waals surface area contributed by atoms with E-state index in [0.717, 1.165) is 42.6 Å². The number of hydrogen-bond donors (Lipinski definition) is 2. The zero-order valence-corrected chi connectivity index (χ0v) is 10.9. The Hall–Kier alpha value is -1.81. The highest BCUT2D eigenvalue weighted by Gasteiger charge is 2.21. The predicted molar refractivity (Wildman–Crippen MR) is 77.4 cm³/mol. The second-order valence-corrected chi connectivity index (χ2v) is 5.23. The summed E-state index contributed by atoms with van der Waals surface area (Å²) in [5.74, 6) is 1.80. The van der Waals surface area contributed by atoms with Crippen LogP contribution >= 0.6 is 0 Å². The van der Waals surface area contributed by atoms with Gasteiger partial charge in [-0.1, -0.05) is 6.07 Å². The Morgan fingerprint density at radius 2 is 2.26 bits per heavy atom. The molecule has 1 unspecified atom stereocenters. The molecule has 0 radical (unpaired) electrons. The quantitative estimate of drug-likeness (QED) is 0.865. The van der Waals surface area contributed by atoms with Crippen molar-refractivity contribution in [2.75, 3.05) is 24.5 Å². The van der Waals surface area contributed by atoms with E-state index in [1.54, 1.807) is 12.1 Å². The van der Waals surface area contributed by atoms with Gasteiger partial charge >= 0.3 is 0 Å². The minimum Gasteiger partial charge on any atom is -0.508 e. The van der Waals surface area contributed by atoms with Gasteiger partial charge in [0, 0.05) is 24.7 Å². The lowest BCUT2D eigenvalue weighted by Crippen LogP contribution is -2.38. The number of fused-ring (bicyclic) bond motifs is 1. The van der Waals surface area contributed by atoms with Crippen molar-refractivity contribution in [2.45, 2.75) is 12.8 Å². The van der Waals surface area contributed by atoms with Crippen molar-refractivity contribution >= 4 is 16.6 Å². The number of aromatic hydroxyl groups is 1. The summed E-state index contributed by atoms with van der Waals surface area (Å²) < 4.78 is 0. The van der Waals surface area contributed by atoms with Crippen molar-refractivity contribution in [3.63, 3.8) is 0 Å². The van der Waals surface area contributed by atoms with Crippen LogP contribution in [0.1, 0.15) is 12.8 Å². The lowest BCUT2D eigenvalue weighted by molar-refractivity contribution is 0.422. The minimum absolute atomic E-state index is 0.286. The number of pyridine rings is 1. The van der Waals surface area contributed by atoms with Gasteiger partial charge in [-0.25, -0.2) is 4.98 Å². The normalized spacial score (nSPS) is 19.8. The molecular weight excluding hydrogens is 238 g/mol. The molecule has 0 aliphatic carbocycles. The molecule has 100 valence electrons. The molecule has 0 bridgehead atoms. The van der Waals surface area contributed by atoms with Crippen LogP contribution in [-0.2, 0) is 0 Å². The summed E-state index contributed by atoms with van der Waals surface area (Å²) in [5.41, 5.74) is 5.79. The third-order valence-electron chi connectivity index (χ3n) is 3.88. The molecule has 0 saturated carbocycles. The molecule has 4 nitrogen and oxygen atoms in total. The number of aromatic nitrogens is 1. The molecule has 1 aliphatic rings. The number of rotatable bonds is 2. The molecule has 1 atom stereocenters. The number of phenols is 1. The number of benzene rings is 1. The summed E-state index contributed by atoms with van der Waals surface area (Å²) >= 11 is 0. The number of piperidine rings is 1. The van der Waals surface area contributed by atoms with Crippen LogP contribution in [0.25, 0.3) is 10.8 Å². The maximum absolute atomic E-state index is 9.68. The zero-order chi connectivity index (χ0) is 13.2. The first kappa shape index (κ1) is 12.2. The van der Waals surface area contributed by atoms with E-state index in [4.69, 9.17) is 5.73 Å². The fourth-order valence-electron chi connectivity index (χ4n) is 2.84. The molecule has 4 heteroatoms. The zero-order valence-electron chi connectivity index (χ0n) is 10.9. The van der Waals surface area contributed by atoms with Crippen molar-refractivity contribution in [3.8, 4) is 5.75 Å². The first-order valence-electron chi connectivity index (χ1n) is 6.80. The average molecular weight is 257 g/mol. The largest absolute Gasteiger partial charge is 0.508 e. The van der Waals surface area contributed by atoms with Crippen LogP contribution in [-0.4, -0.2) is 29.7 Å². The average Bonchev–Trinajstić information content (AvgIpc) is 2.46. The Kier molecular flexibility index (Phi) is 3.25. The Morgan fingerprint density at radius 1 is 1.37 bits per heavy atom. The summed E-state index contributed by atoms with van der Waals surface area (Å²) in [5, 5.41) is 11.8. The smallest absolute Gasteiger partial charge is 0.136 e. The molecule has 2 aromatic rings. The Bertz CT molecular complexity index is 585. The summed E-state index contributed by atoms with van der Waals surface area (Å²) in [6.07, 6.45) is 4.18. The van der Waals surface area contributed by atoms with Crippen molar-refractivity contribution in [1.29, 1.82) is 0 Å². The fraction of sp³-hybridized carbons (Fsp3) is 0.400. The Morgan fingerprint density at radius 3 is 3.11 bits per heavy atom. The summed E-state index contributed by atoms with van der Waals surface area (Å²) in [4.78, 5) is 6.81. The predicted octanol–water partition coefficient (Wildman–Crippen LogP) is 2.12. The summed E-state index contributed by atoms with van der Waals surface area (Å²) in [7, 11) is 0. The third-order valence-corrected chi connectivity index (χ3v) is 3.88. The fourth-order valence-corrected chi connectivity index (χ4v) is 2.84. The van der Waals surface area contributed by atoms with Gasteiger partial charge in [0.15, 0.2) is 0 Å². The Balaban J connectivity index is 2.02. The number of hydrogen-bond acceptors (Lipinski definition) is 4. The molecule has 1 aromatic heterocycles. The van der Waals surface area contributed by atoms with Gasteiger partial charge in [-0.05, 0) is 48.9 Å². The van der Waals surface area contributed by atoms with E-state index in [-0.39, 0.29) is 5.75 Å². The number of nitrogens with two attached hydrogens (primary N) is 1. The lowest BCUT2D eigenvalue weighted by atomic mass is 9.98. The molecule has 3 N–H and O–H groups in total. The first-order chi connectivity index (χ1) is 9.28. The van der Waals surface area contributed by atoms with Crippen molar-refractivity contribution in [1.82, 2.24) is 4.98 Å². The standard InChI is InChI=1S/C15H19N3O/c16-9-11-2-1-7-18(10-11)15-14-8-13(19)4-3-12(14)5-6-17-15/h3-6,8,11,19H,1-2,7,9-10,16H2. The minimum atomic E-state index is 0.286. The molecular formula is C15H19N3O. The Labute approximate surface area is 112 Å². The van der Waals surface area contributed by atoms with Crippen molar-refractivity contribution in [2.24, 2.45) is 11.7 Å². The van der Waals surface area contributed by atoms with Crippen LogP contribution in [0.3, 0.4) is 0 Å². The first-order valence-corrected chi connectivity index (χ1v) is 6.80. The lowest BCUT2D eigenvalue weighted by Gasteiger charge is -2.33. The highest BCUT2D eigenvalue weighted by atomic mass is 16.3. The van der Waals surface area contributed by atoms with Crippen molar-refractivity contribution < 1.29 is 5.11 Å². The summed E-state index contributed by atoms with van der Waals surface area (Å²) in [6, 6.07) is 7.41. The van der Waals surface area contributed by atoms with Gasteiger partial charge in [0.25, 0.3) is 0 Å². The number of nitrogens with zero attached hydrogens (tertiary/aromatic N) is 2. The second-order valence-electron chi connectivity index (χ2n) is 5.23. The van der Waals surface area contributed by atoms with E-state index in [2.05, 4.69) is 9.88 Å². The van der Waals surface area contributed by atoms with Crippen LogP contribution in [0, 0.1) is 5.92 Å². The molecule has 1 fully saturated rings. The van der Waals surface area contributed by atoms with Gasteiger partial charge in [-0.2, -0.15) is 0 Å². The molecule has 3 rings (SSSR count). The van der Waals surface area contributed by atoms with Gasteiger partial charge in [-0.15, -0.1) is 0 Å². The molecule has 1 aromatic carbocycles. The second kappa shape index (κ2) is 5.05. The van der Waals surface area contributed by atoms with Crippen LogP contribution in [0.15, 0.2) is 30.5 Å². The van der Waals surface area contributed by atoms with E-state index in [1.807, 2.05) is 18.3 Å².